The highest BCUT2D eigenvalue weighted by molar-refractivity contribution is 5.77. The lowest BCUT2D eigenvalue weighted by Crippen LogP contribution is -2.32. The molecule has 2 heterocycles. The average Bonchev–Trinajstić information content (AvgIpc) is 3.22. The van der Waals surface area contributed by atoms with Crippen LogP contribution in [0.25, 0.3) is 11.4 Å². The van der Waals surface area contributed by atoms with Gasteiger partial charge in [-0.15, -0.1) is 0 Å². The van der Waals surface area contributed by atoms with Crippen LogP contribution in [-0.4, -0.2) is 20.4 Å². The molecule has 0 bridgehead atoms. The van der Waals surface area contributed by atoms with Gasteiger partial charge in [0.1, 0.15) is 12.4 Å². The van der Waals surface area contributed by atoms with Gasteiger partial charge in [-0.05, 0) is 17.2 Å². The van der Waals surface area contributed by atoms with Crippen LogP contribution in [0.3, 0.4) is 0 Å². The molecule has 0 fully saturated rings. The lowest BCUT2D eigenvalue weighted by molar-refractivity contribution is -0.122. The fourth-order valence-corrected chi connectivity index (χ4v) is 3.20. The predicted molar refractivity (Wildman–Crippen MR) is 108 cm³/mol. The zero-order valence-corrected chi connectivity index (χ0v) is 15.3. The summed E-state index contributed by atoms with van der Waals surface area (Å²) in [4.78, 5) is 21.5. The molecule has 5 nitrogen and oxygen atoms in total. The molecule has 0 aliphatic rings. The second-order valence-corrected chi connectivity index (χ2v) is 6.44. The number of hydrogen-bond donors (Lipinski definition) is 1. The highest BCUT2D eigenvalue weighted by Gasteiger charge is 2.18. The van der Waals surface area contributed by atoms with Crippen molar-refractivity contribution in [1.82, 2.24) is 19.9 Å². The second-order valence-electron chi connectivity index (χ2n) is 6.44. The average molecular weight is 368 g/mol. The number of amides is 1. The van der Waals surface area contributed by atoms with Gasteiger partial charge in [-0.1, -0.05) is 66.7 Å². The van der Waals surface area contributed by atoms with Gasteiger partial charge in [0, 0.05) is 30.4 Å². The first kappa shape index (κ1) is 17.7. The Morgan fingerprint density at radius 1 is 0.893 bits per heavy atom. The molecule has 1 amide bonds. The number of rotatable bonds is 6. The molecule has 0 unspecified atom stereocenters. The molecule has 0 saturated heterocycles. The van der Waals surface area contributed by atoms with Crippen molar-refractivity contribution >= 4 is 5.91 Å². The summed E-state index contributed by atoms with van der Waals surface area (Å²) in [5.74, 6) is 0.682. The third-order valence-corrected chi connectivity index (χ3v) is 4.52. The van der Waals surface area contributed by atoms with E-state index in [0.717, 1.165) is 22.5 Å². The maximum Gasteiger partial charge on any atom is 0.240 e. The standard InChI is InChI=1S/C23H20N4O/c28-21(17-27-15-14-25-23(27)19-10-5-2-6-11-19)26-22(18-8-3-1-4-9-18)20-12-7-13-24-16-20/h1-16,22H,17H2,(H,26,28)/t22-/m1/s1. The minimum atomic E-state index is -0.258. The number of pyridine rings is 1. The normalized spacial score (nSPS) is 11.7. The van der Waals surface area contributed by atoms with Gasteiger partial charge in [0.05, 0.1) is 6.04 Å². The largest absolute Gasteiger partial charge is 0.344 e. The van der Waals surface area contributed by atoms with E-state index in [4.69, 9.17) is 0 Å². The molecule has 1 atom stereocenters. The summed E-state index contributed by atoms with van der Waals surface area (Å²) in [6, 6.07) is 23.3. The third-order valence-electron chi connectivity index (χ3n) is 4.52. The van der Waals surface area contributed by atoms with Crippen molar-refractivity contribution in [3.05, 3.63) is 109 Å². The van der Waals surface area contributed by atoms with Crippen LogP contribution >= 0.6 is 0 Å². The molecule has 0 aliphatic heterocycles. The molecular weight excluding hydrogens is 348 g/mol. The Labute approximate surface area is 163 Å². The molecule has 1 N–H and O–H groups in total. The number of carbonyl (C=O) groups is 1. The van der Waals surface area contributed by atoms with Gasteiger partial charge < -0.3 is 9.88 Å². The van der Waals surface area contributed by atoms with Crippen molar-refractivity contribution < 1.29 is 4.79 Å². The lowest BCUT2D eigenvalue weighted by atomic mass is 10.0. The Balaban J connectivity index is 1.56. The molecule has 138 valence electrons. The Kier molecular flexibility index (Phi) is 5.24. The summed E-state index contributed by atoms with van der Waals surface area (Å²) in [7, 11) is 0. The first-order valence-electron chi connectivity index (χ1n) is 9.12. The minimum Gasteiger partial charge on any atom is -0.344 e. The van der Waals surface area contributed by atoms with Crippen LogP contribution in [0.2, 0.25) is 0 Å². The van der Waals surface area contributed by atoms with Gasteiger partial charge in [0.25, 0.3) is 0 Å². The molecule has 4 aromatic rings. The molecule has 5 heteroatoms. The quantitative estimate of drug-likeness (QED) is 0.562. The van der Waals surface area contributed by atoms with E-state index >= 15 is 0 Å². The Bertz CT molecular complexity index is 990. The second kappa shape index (κ2) is 8.31. The van der Waals surface area contributed by atoms with Gasteiger partial charge in [0.2, 0.25) is 5.91 Å². The molecule has 4 rings (SSSR count). The number of hydrogen-bond acceptors (Lipinski definition) is 3. The SMILES string of the molecule is O=C(Cn1ccnc1-c1ccccc1)N[C@H](c1ccccc1)c1cccnc1. The maximum absolute atomic E-state index is 12.9. The molecule has 0 aliphatic carbocycles. The number of carbonyl (C=O) groups excluding carboxylic acids is 1. The predicted octanol–water partition coefficient (Wildman–Crippen LogP) is 3.85. The molecule has 0 spiro atoms. The van der Waals surface area contributed by atoms with E-state index in [2.05, 4.69) is 15.3 Å². The van der Waals surface area contributed by atoms with Crippen molar-refractivity contribution in [3.63, 3.8) is 0 Å². The topological polar surface area (TPSA) is 59.8 Å². The monoisotopic (exact) mass is 368 g/mol. The van der Waals surface area contributed by atoms with E-state index in [1.165, 1.54) is 0 Å². The minimum absolute atomic E-state index is 0.0899. The number of imidazole rings is 1. The van der Waals surface area contributed by atoms with Crippen molar-refractivity contribution in [2.75, 3.05) is 0 Å². The van der Waals surface area contributed by atoms with Crippen LogP contribution in [-0.2, 0) is 11.3 Å². The van der Waals surface area contributed by atoms with Gasteiger partial charge in [-0.2, -0.15) is 0 Å². The van der Waals surface area contributed by atoms with Crippen molar-refractivity contribution in [1.29, 1.82) is 0 Å². The molecule has 2 aromatic heterocycles. The van der Waals surface area contributed by atoms with Crippen molar-refractivity contribution in [2.24, 2.45) is 0 Å². The summed E-state index contributed by atoms with van der Waals surface area (Å²) >= 11 is 0. The van der Waals surface area contributed by atoms with Crippen molar-refractivity contribution in [3.8, 4) is 11.4 Å². The summed E-state index contributed by atoms with van der Waals surface area (Å²) in [6.07, 6.45) is 7.05. The smallest absolute Gasteiger partial charge is 0.240 e. The number of nitrogens with zero attached hydrogens (tertiary/aromatic N) is 3. The zero-order valence-electron chi connectivity index (χ0n) is 15.3. The number of nitrogens with one attached hydrogen (secondary N) is 1. The first-order chi connectivity index (χ1) is 13.8. The van der Waals surface area contributed by atoms with E-state index in [-0.39, 0.29) is 18.5 Å². The lowest BCUT2D eigenvalue weighted by Gasteiger charge is -2.20. The molecule has 0 saturated carbocycles. The summed E-state index contributed by atoms with van der Waals surface area (Å²) in [5, 5.41) is 3.14. The van der Waals surface area contributed by atoms with Crippen LogP contribution in [0, 0.1) is 0 Å². The first-order valence-corrected chi connectivity index (χ1v) is 9.12. The number of benzene rings is 2. The maximum atomic E-state index is 12.9. The highest BCUT2D eigenvalue weighted by atomic mass is 16.2. The summed E-state index contributed by atoms with van der Waals surface area (Å²) < 4.78 is 1.86. The Morgan fingerprint density at radius 3 is 2.32 bits per heavy atom. The van der Waals surface area contributed by atoms with Crippen LogP contribution in [0.1, 0.15) is 17.2 Å². The van der Waals surface area contributed by atoms with E-state index in [0.29, 0.717) is 0 Å². The summed E-state index contributed by atoms with van der Waals surface area (Å²) in [5.41, 5.74) is 2.93. The summed E-state index contributed by atoms with van der Waals surface area (Å²) in [6.45, 7) is 0.188. The van der Waals surface area contributed by atoms with Crippen LogP contribution in [0.4, 0.5) is 0 Å². The fraction of sp³-hybridized carbons (Fsp3) is 0.0870. The van der Waals surface area contributed by atoms with Crippen LogP contribution < -0.4 is 5.32 Å². The van der Waals surface area contributed by atoms with Crippen molar-refractivity contribution in [2.45, 2.75) is 12.6 Å². The zero-order chi connectivity index (χ0) is 19.2. The van der Waals surface area contributed by atoms with Gasteiger partial charge in [-0.3, -0.25) is 9.78 Å². The fourth-order valence-electron chi connectivity index (χ4n) is 3.20. The van der Waals surface area contributed by atoms with Crippen LogP contribution in [0.15, 0.2) is 97.6 Å². The molecule has 28 heavy (non-hydrogen) atoms. The van der Waals surface area contributed by atoms with Gasteiger partial charge in [0.15, 0.2) is 0 Å². The Morgan fingerprint density at radius 2 is 1.61 bits per heavy atom. The van der Waals surface area contributed by atoms with E-state index in [9.17, 15) is 4.79 Å². The van der Waals surface area contributed by atoms with Crippen LogP contribution in [0.5, 0.6) is 0 Å². The van der Waals surface area contributed by atoms with E-state index < -0.39 is 0 Å². The molecule has 2 aromatic carbocycles. The third kappa shape index (κ3) is 3.99. The number of aromatic nitrogens is 3. The van der Waals surface area contributed by atoms with Gasteiger partial charge >= 0.3 is 0 Å². The molecular formula is C23H20N4O. The Hall–Kier alpha value is -3.73. The van der Waals surface area contributed by atoms with Gasteiger partial charge in [-0.25, -0.2) is 4.98 Å². The molecule has 0 radical (unpaired) electrons. The highest BCUT2D eigenvalue weighted by Crippen LogP contribution is 2.22. The van der Waals surface area contributed by atoms with E-state index in [1.807, 2.05) is 83.6 Å². The van der Waals surface area contributed by atoms with E-state index in [1.54, 1.807) is 18.6 Å².